The number of likely N-dealkylation sites (tertiary alicyclic amines) is 1. The molecule has 0 spiro atoms. The molecule has 1 saturated heterocycles. The first-order valence-electron chi connectivity index (χ1n) is 10.9. The number of benzene rings is 2. The van der Waals surface area contributed by atoms with Gasteiger partial charge in [0.1, 0.15) is 0 Å². The highest BCUT2D eigenvalue weighted by atomic mass is 32.2. The minimum Gasteiger partial charge on any atom is -0.337 e. The van der Waals surface area contributed by atoms with E-state index in [9.17, 15) is 4.79 Å². The zero-order valence-electron chi connectivity index (χ0n) is 17.9. The van der Waals surface area contributed by atoms with Gasteiger partial charge in [-0.25, -0.2) is 0 Å². The van der Waals surface area contributed by atoms with Crippen LogP contribution in [0.2, 0.25) is 0 Å². The molecule has 31 heavy (non-hydrogen) atoms. The smallest absolute Gasteiger partial charge is 0.237 e. The van der Waals surface area contributed by atoms with Gasteiger partial charge in [0.2, 0.25) is 11.7 Å². The molecule has 2 atom stereocenters. The molecule has 7 heteroatoms. The van der Waals surface area contributed by atoms with E-state index in [1.807, 2.05) is 18.2 Å². The number of aromatic nitrogens is 4. The molecule has 2 unspecified atom stereocenters. The monoisotopic (exact) mass is 433 g/mol. The van der Waals surface area contributed by atoms with Gasteiger partial charge in [0.05, 0.1) is 23.3 Å². The van der Waals surface area contributed by atoms with Crippen molar-refractivity contribution in [1.29, 1.82) is 0 Å². The first kappa shape index (κ1) is 20.1. The Hall–Kier alpha value is -2.80. The van der Waals surface area contributed by atoms with Gasteiger partial charge in [0.15, 0.2) is 5.16 Å². The summed E-state index contributed by atoms with van der Waals surface area (Å²) in [7, 11) is 0. The highest BCUT2D eigenvalue weighted by molar-refractivity contribution is 7.99. The average molecular weight is 434 g/mol. The van der Waals surface area contributed by atoms with Gasteiger partial charge < -0.3 is 9.47 Å². The lowest BCUT2D eigenvalue weighted by Gasteiger charge is -2.39. The van der Waals surface area contributed by atoms with Crippen molar-refractivity contribution in [2.45, 2.75) is 56.9 Å². The van der Waals surface area contributed by atoms with Crippen molar-refractivity contribution in [2.24, 2.45) is 0 Å². The molecule has 0 radical (unpaired) electrons. The van der Waals surface area contributed by atoms with E-state index in [2.05, 4.69) is 74.3 Å². The number of nitrogens with zero attached hydrogens (tertiary/aromatic N) is 5. The number of piperidine rings is 1. The molecule has 3 heterocycles. The lowest BCUT2D eigenvalue weighted by Crippen LogP contribution is -2.48. The van der Waals surface area contributed by atoms with E-state index in [0.717, 1.165) is 41.4 Å². The molecular weight excluding hydrogens is 406 g/mol. The minimum absolute atomic E-state index is 0.189. The number of thioether (sulfide) groups is 1. The maximum absolute atomic E-state index is 13.0. The van der Waals surface area contributed by atoms with E-state index in [0.29, 0.717) is 17.8 Å². The first-order valence-corrected chi connectivity index (χ1v) is 11.9. The molecule has 2 aromatic heterocycles. The van der Waals surface area contributed by atoms with Gasteiger partial charge in [0.25, 0.3) is 0 Å². The first-order chi connectivity index (χ1) is 15.1. The van der Waals surface area contributed by atoms with Crippen LogP contribution in [0.3, 0.4) is 0 Å². The second-order valence-electron chi connectivity index (χ2n) is 8.40. The number of fused-ring (bicyclic) bond motifs is 3. The lowest BCUT2D eigenvalue weighted by molar-refractivity contribution is -0.134. The summed E-state index contributed by atoms with van der Waals surface area (Å²) in [6, 6.07) is 19.3. The predicted molar refractivity (Wildman–Crippen MR) is 124 cm³/mol. The second kappa shape index (κ2) is 8.38. The van der Waals surface area contributed by atoms with Crippen molar-refractivity contribution in [3.05, 3.63) is 60.2 Å². The van der Waals surface area contributed by atoms with Gasteiger partial charge in [-0.15, -0.1) is 10.2 Å². The summed E-state index contributed by atoms with van der Waals surface area (Å²) >= 11 is 1.48. The highest BCUT2D eigenvalue weighted by Gasteiger charge is 2.29. The van der Waals surface area contributed by atoms with Crippen LogP contribution in [0.15, 0.2) is 59.8 Å². The second-order valence-corrected chi connectivity index (χ2v) is 9.34. The Balaban J connectivity index is 1.45. The maximum Gasteiger partial charge on any atom is 0.237 e. The largest absolute Gasteiger partial charge is 0.337 e. The van der Waals surface area contributed by atoms with Crippen molar-refractivity contribution in [3.63, 3.8) is 0 Å². The molecule has 160 valence electrons. The molecule has 1 aliphatic heterocycles. The summed E-state index contributed by atoms with van der Waals surface area (Å²) in [5, 5.41) is 9.72. The van der Waals surface area contributed by atoms with Gasteiger partial charge >= 0.3 is 0 Å². The van der Waals surface area contributed by atoms with Gasteiger partial charge in [0, 0.05) is 12.1 Å². The van der Waals surface area contributed by atoms with Crippen molar-refractivity contribution in [3.8, 4) is 0 Å². The predicted octanol–water partition coefficient (Wildman–Crippen LogP) is 4.61. The van der Waals surface area contributed by atoms with Crippen molar-refractivity contribution in [2.75, 3.05) is 5.75 Å². The number of imidazole rings is 1. The molecule has 0 saturated carbocycles. The standard InChI is InChI=1S/C24H27N5OS/c1-17-9-8-10-18(2)28(17)22(30)16-31-24-26-25-23-27(15-19-11-4-3-5-12-19)20-13-6-7-14-21(20)29(23)24/h3-7,11-14,17-18H,8-10,15-16H2,1-2H3. The zero-order valence-corrected chi connectivity index (χ0v) is 18.8. The number of para-hydroxylation sites is 2. The topological polar surface area (TPSA) is 55.4 Å². The zero-order chi connectivity index (χ0) is 21.4. The quantitative estimate of drug-likeness (QED) is 0.431. The normalized spacial score (nSPS) is 19.4. The third-order valence-electron chi connectivity index (χ3n) is 6.26. The Bertz CT molecular complexity index is 1200. The summed E-state index contributed by atoms with van der Waals surface area (Å²) in [4.78, 5) is 15.1. The van der Waals surface area contributed by atoms with Crippen LogP contribution in [0.4, 0.5) is 0 Å². The fraction of sp³-hybridized carbons (Fsp3) is 0.375. The van der Waals surface area contributed by atoms with Crippen molar-refractivity contribution in [1.82, 2.24) is 24.1 Å². The number of carbonyl (C=O) groups excluding carboxylic acids is 1. The van der Waals surface area contributed by atoms with Crippen LogP contribution >= 0.6 is 11.8 Å². The van der Waals surface area contributed by atoms with Crippen LogP contribution in [0.25, 0.3) is 16.8 Å². The SMILES string of the molecule is CC1CCCC(C)N1C(=O)CSc1nnc2n(Cc3ccccc3)c3ccccc3n12. The maximum atomic E-state index is 13.0. The fourth-order valence-corrected chi connectivity index (χ4v) is 5.58. The summed E-state index contributed by atoms with van der Waals surface area (Å²) in [5.74, 6) is 1.38. The third kappa shape index (κ3) is 3.71. The van der Waals surface area contributed by atoms with Gasteiger partial charge in [-0.05, 0) is 50.8 Å². The molecule has 1 aliphatic rings. The Morgan fingerprint density at radius 2 is 1.65 bits per heavy atom. The van der Waals surface area contributed by atoms with Crippen LogP contribution in [0, 0.1) is 0 Å². The number of amides is 1. The van der Waals surface area contributed by atoms with Gasteiger partial charge in [-0.3, -0.25) is 9.20 Å². The molecule has 0 aliphatic carbocycles. The average Bonchev–Trinajstić information content (AvgIpc) is 3.32. The minimum atomic E-state index is 0.189. The Labute approximate surface area is 186 Å². The molecule has 4 aromatic rings. The van der Waals surface area contributed by atoms with E-state index in [1.165, 1.54) is 23.7 Å². The summed E-state index contributed by atoms with van der Waals surface area (Å²) in [6.07, 6.45) is 3.37. The number of hydrogen-bond donors (Lipinski definition) is 0. The summed E-state index contributed by atoms with van der Waals surface area (Å²) in [5.41, 5.74) is 3.39. The van der Waals surface area contributed by atoms with Crippen LogP contribution < -0.4 is 0 Å². The fourth-order valence-electron chi connectivity index (χ4n) is 4.77. The van der Waals surface area contributed by atoms with Crippen molar-refractivity contribution < 1.29 is 4.79 Å². The van der Waals surface area contributed by atoms with E-state index >= 15 is 0 Å². The highest BCUT2D eigenvalue weighted by Crippen LogP contribution is 2.28. The number of rotatable bonds is 5. The lowest BCUT2D eigenvalue weighted by atomic mass is 9.98. The number of hydrogen-bond acceptors (Lipinski definition) is 4. The van der Waals surface area contributed by atoms with E-state index < -0.39 is 0 Å². The number of carbonyl (C=O) groups is 1. The molecule has 1 amide bonds. The summed E-state index contributed by atoms with van der Waals surface area (Å²) < 4.78 is 4.28. The molecule has 0 N–H and O–H groups in total. The Kier molecular flexibility index (Phi) is 5.44. The van der Waals surface area contributed by atoms with Crippen LogP contribution in [0.1, 0.15) is 38.7 Å². The van der Waals surface area contributed by atoms with E-state index in [1.54, 1.807) is 0 Å². The molecule has 0 bridgehead atoms. The molecule has 1 fully saturated rings. The van der Waals surface area contributed by atoms with Crippen molar-refractivity contribution >= 4 is 34.5 Å². The summed E-state index contributed by atoms with van der Waals surface area (Å²) in [6.45, 7) is 5.04. The molecule has 5 rings (SSSR count). The molecular formula is C24H27N5OS. The van der Waals surface area contributed by atoms with Gasteiger partial charge in [-0.2, -0.15) is 0 Å². The Morgan fingerprint density at radius 3 is 2.39 bits per heavy atom. The van der Waals surface area contributed by atoms with E-state index in [-0.39, 0.29) is 5.91 Å². The van der Waals surface area contributed by atoms with Crippen LogP contribution in [-0.4, -0.2) is 47.8 Å². The third-order valence-corrected chi connectivity index (χ3v) is 7.17. The van der Waals surface area contributed by atoms with Gasteiger partial charge in [-0.1, -0.05) is 54.2 Å². The molecule has 6 nitrogen and oxygen atoms in total. The van der Waals surface area contributed by atoms with Crippen LogP contribution in [0.5, 0.6) is 0 Å². The Morgan fingerprint density at radius 1 is 0.968 bits per heavy atom. The molecule has 2 aromatic carbocycles. The van der Waals surface area contributed by atoms with E-state index in [4.69, 9.17) is 0 Å². The van der Waals surface area contributed by atoms with Crippen LogP contribution in [-0.2, 0) is 11.3 Å².